The molecular formula is C8H14O3. The Hall–Kier alpha value is -0.410. The first kappa shape index (κ1) is 8.68. The molecule has 0 heterocycles. The first-order valence-electron chi connectivity index (χ1n) is 3.98. The molecule has 1 aliphatic rings. The minimum atomic E-state index is -0.542. The second kappa shape index (κ2) is 3.32. The molecule has 1 saturated carbocycles. The summed E-state index contributed by atoms with van der Waals surface area (Å²) in [5.41, 5.74) is -0.542. The molecule has 0 aliphatic heterocycles. The van der Waals surface area contributed by atoms with Crippen molar-refractivity contribution in [2.75, 3.05) is 6.61 Å². The number of carbonyl (C=O) groups is 1. The van der Waals surface area contributed by atoms with Gasteiger partial charge in [-0.15, -0.1) is 0 Å². The van der Waals surface area contributed by atoms with Crippen molar-refractivity contribution in [3.63, 3.8) is 0 Å². The molecule has 0 atom stereocenters. The van der Waals surface area contributed by atoms with Gasteiger partial charge in [0.25, 0.3) is 0 Å². The van der Waals surface area contributed by atoms with Crippen LogP contribution < -0.4 is 0 Å². The highest BCUT2D eigenvalue weighted by Crippen LogP contribution is 2.33. The lowest BCUT2D eigenvalue weighted by atomic mass is 9.75. The third-order valence-corrected chi connectivity index (χ3v) is 2.52. The maximum absolute atomic E-state index is 10.6. The van der Waals surface area contributed by atoms with Crippen LogP contribution in [0.25, 0.3) is 0 Å². The van der Waals surface area contributed by atoms with Gasteiger partial charge in [0.05, 0.1) is 12.7 Å². The zero-order valence-corrected chi connectivity index (χ0v) is 6.49. The van der Waals surface area contributed by atoms with Crippen LogP contribution in [0, 0.1) is 5.41 Å². The van der Waals surface area contributed by atoms with E-state index in [9.17, 15) is 4.79 Å². The molecule has 0 unspecified atom stereocenters. The third kappa shape index (κ3) is 1.79. The fourth-order valence-corrected chi connectivity index (χ4v) is 1.49. The second-order valence-electron chi connectivity index (χ2n) is 3.37. The average molecular weight is 158 g/mol. The van der Waals surface area contributed by atoms with E-state index < -0.39 is 5.41 Å². The van der Waals surface area contributed by atoms with E-state index in [1.165, 1.54) is 0 Å². The van der Waals surface area contributed by atoms with Gasteiger partial charge in [-0.05, 0) is 25.7 Å². The summed E-state index contributed by atoms with van der Waals surface area (Å²) in [7, 11) is 0. The summed E-state index contributed by atoms with van der Waals surface area (Å²) in [5.74, 6) is 0. The molecular weight excluding hydrogens is 144 g/mol. The van der Waals surface area contributed by atoms with E-state index in [2.05, 4.69) is 0 Å². The number of hydrogen-bond acceptors (Lipinski definition) is 3. The molecule has 1 fully saturated rings. The molecule has 1 rings (SSSR count). The lowest BCUT2D eigenvalue weighted by Crippen LogP contribution is -2.34. The Balaban J connectivity index is 2.52. The van der Waals surface area contributed by atoms with Gasteiger partial charge in [-0.25, -0.2) is 0 Å². The van der Waals surface area contributed by atoms with Crippen LogP contribution >= 0.6 is 0 Å². The Kier molecular flexibility index (Phi) is 2.62. The first-order chi connectivity index (χ1) is 5.22. The number of rotatable bonds is 2. The minimum Gasteiger partial charge on any atom is -0.395 e. The topological polar surface area (TPSA) is 57.5 Å². The van der Waals surface area contributed by atoms with Crippen molar-refractivity contribution < 1.29 is 15.0 Å². The molecule has 1 aliphatic carbocycles. The van der Waals surface area contributed by atoms with E-state index in [1.807, 2.05) is 0 Å². The normalized spacial score (nSPS) is 38.5. The number of aliphatic hydroxyl groups is 2. The predicted octanol–water partition coefficient (Wildman–Crippen LogP) is 0.0989. The molecule has 0 amide bonds. The van der Waals surface area contributed by atoms with Crippen LogP contribution in [0.4, 0.5) is 0 Å². The summed E-state index contributed by atoms with van der Waals surface area (Å²) >= 11 is 0. The summed E-state index contributed by atoms with van der Waals surface area (Å²) in [6.07, 6.45) is 3.08. The van der Waals surface area contributed by atoms with Crippen LogP contribution in [0.3, 0.4) is 0 Å². The summed E-state index contributed by atoms with van der Waals surface area (Å²) in [4.78, 5) is 10.6. The molecule has 11 heavy (non-hydrogen) atoms. The molecule has 3 nitrogen and oxygen atoms in total. The molecule has 0 aromatic carbocycles. The van der Waals surface area contributed by atoms with Gasteiger partial charge in [0.15, 0.2) is 0 Å². The number of aldehydes is 1. The SMILES string of the molecule is O=CC1(CO)CCC(O)CC1. The van der Waals surface area contributed by atoms with Crippen LogP contribution in [-0.4, -0.2) is 29.2 Å². The van der Waals surface area contributed by atoms with Crippen molar-refractivity contribution in [3.8, 4) is 0 Å². The Morgan fingerprint density at radius 1 is 1.45 bits per heavy atom. The zero-order chi connectivity index (χ0) is 8.32. The van der Waals surface area contributed by atoms with Gasteiger partial charge >= 0.3 is 0 Å². The molecule has 0 saturated heterocycles. The quantitative estimate of drug-likeness (QED) is 0.560. The Morgan fingerprint density at radius 2 is 2.00 bits per heavy atom. The van der Waals surface area contributed by atoms with Crippen LogP contribution in [-0.2, 0) is 4.79 Å². The van der Waals surface area contributed by atoms with Crippen LogP contribution in [0.5, 0.6) is 0 Å². The summed E-state index contributed by atoms with van der Waals surface area (Å²) in [6.45, 7) is -0.0801. The predicted molar refractivity (Wildman–Crippen MR) is 40.1 cm³/mol. The summed E-state index contributed by atoms with van der Waals surface area (Å²) < 4.78 is 0. The molecule has 0 aromatic rings. The van der Waals surface area contributed by atoms with E-state index in [0.717, 1.165) is 6.29 Å². The molecule has 0 bridgehead atoms. The highest BCUT2D eigenvalue weighted by molar-refractivity contribution is 5.59. The molecule has 0 spiro atoms. The van der Waals surface area contributed by atoms with Gasteiger partial charge in [0.1, 0.15) is 6.29 Å². The van der Waals surface area contributed by atoms with Crippen molar-refractivity contribution in [2.45, 2.75) is 31.8 Å². The maximum Gasteiger partial charge on any atom is 0.128 e. The molecule has 2 N–H and O–H groups in total. The second-order valence-corrected chi connectivity index (χ2v) is 3.37. The van der Waals surface area contributed by atoms with Crippen molar-refractivity contribution in [3.05, 3.63) is 0 Å². The Morgan fingerprint density at radius 3 is 2.36 bits per heavy atom. The van der Waals surface area contributed by atoms with Crippen molar-refractivity contribution in [1.29, 1.82) is 0 Å². The fourth-order valence-electron chi connectivity index (χ4n) is 1.49. The fraction of sp³-hybridized carbons (Fsp3) is 0.875. The van der Waals surface area contributed by atoms with Crippen molar-refractivity contribution in [1.82, 2.24) is 0 Å². The van der Waals surface area contributed by atoms with Crippen LogP contribution in [0.2, 0.25) is 0 Å². The first-order valence-corrected chi connectivity index (χ1v) is 3.98. The van der Waals surface area contributed by atoms with Gasteiger partial charge < -0.3 is 15.0 Å². The van der Waals surface area contributed by atoms with Gasteiger partial charge in [0.2, 0.25) is 0 Å². The lowest BCUT2D eigenvalue weighted by molar-refractivity contribution is -0.121. The van der Waals surface area contributed by atoms with E-state index in [0.29, 0.717) is 25.7 Å². The average Bonchev–Trinajstić information content (AvgIpc) is 2.07. The van der Waals surface area contributed by atoms with Gasteiger partial charge in [-0.1, -0.05) is 0 Å². The molecule has 3 heteroatoms. The molecule has 0 radical (unpaired) electrons. The van der Waals surface area contributed by atoms with E-state index in [4.69, 9.17) is 10.2 Å². The third-order valence-electron chi connectivity index (χ3n) is 2.52. The highest BCUT2D eigenvalue weighted by Gasteiger charge is 2.33. The van der Waals surface area contributed by atoms with E-state index >= 15 is 0 Å². The van der Waals surface area contributed by atoms with Gasteiger partial charge in [-0.3, -0.25) is 0 Å². The highest BCUT2D eigenvalue weighted by atomic mass is 16.3. The van der Waals surface area contributed by atoms with E-state index in [1.54, 1.807) is 0 Å². The summed E-state index contributed by atoms with van der Waals surface area (Å²) in [6, 6.07) is 0. The summed E-state index contributed by atoms with van der Waals surface area (Å²) in [5, 5.41) is 18.0. The smallest absolute Gasteiger partial charge is 0.128 e. The lowest BCUT2D eigenvalue weighted by Gasteiger charge is -2.32. The molecule has 0 aromatic heterocycles. The monoisotopic (exact) mass is 158 g/mol. The number of aliphatic hydroxyl groups excluding tert-OH is 2. The van der Waals surface area contributed by atoms with Crippen molar-refractivity contribution in [2.24, 2.45) is 5.41 Å². The zero-order valence-electron chi connectivity index (χ0n) is 6.49. The molecule has 64 valence electrons. The van der Waals surface area contributed by atoms with Crippen LogP contribution in [0.15, 0.2) is 0 Å². The standard InChI is InChI=1S/C8H14O3/c9-5-8(6-10)3-1-7(11)2-4-8/h5,7,10-11H,1-4,6H2. The van der Waals surface area contributed by atoms with E-state index in [-0.39, 0.29) is 12.7 Å². The number of carbonyl (C=O) groups excluding carboxylic acids is 1. The van der Waals surface area contributed by atoms with Crippen molar-refractivity contribution >= 4 is 6.29 Å². The minimum absolute atomic E-state index is 0.0801. The van der Waals surface area contributed by atoms with Crippen LogP contribution in [0.1, 0.15) is 25.7 Å². The number of hydrogen-bond donors (Lipinski definition) is 2. The maximum atomic E-state index is 10.6. The van der Waals surface area contributed by atoms with Gasteiger partial charge in [-0.2, -0.15) is 0 Å². The Bertz CT molecular complexity index is 136. The Labute approximate surface area is 66.0 Å². The van der Waals surface area contributed by atoms with Gasteiger partial charge in [0, 0.05) is 5.41 Å². The largest absolute Gasteiger partial charge is 0.395 e.